The Bertz CT molecular complexity index is 1390. The van der Waals surface area contributed by atoms with E-state index in [2.05, 4.69) is 37.2 Å². The summed E-state index contributed by atoms with van der Waals surface area (Å²) in [5.74, 6) is -10.1. The number of rotatable bonds is 24. The Hall–Kier alpha value is -5.38. The van der Waals surface area contributed by atoms with Crippen LogP contribution >= 0.6 is 0 Å². The van der Waals surface area contributed by atoms with Crippen molar-refractivity contribution >= 4 is 59.1 Å². The highest BCUT2D eigenvalue weighted by molar-refractivity contribution is 5.97. The van der Waals surface area contributed by atoms with Gasteiger partial charge in [0.15, 0.2) is 0 Å². The monoisotopic (exact) mass is 772 g/mol. The van der Waals surface area contributed by atoms with Gasteiger partial charge in [-0.05, 0) is 45.4 Å². The summed E-state index contributed by atoms with van der Waals surface area (Å²) in [5, 5.41) is 35.5. The molecule has 0 aromatic rings. The predicted molar refractivity (Wildman–Crippen MR) is 190 cm³/mol. The third-order valence-electron chi connectivity index (χ3n) is 7.65. The van der Waals surface area contributed by atoms with E-state index in [1.54, 1.807) is 0 Å². The molecule has 0 spiro atoms. The van der Waals surface area contributed by atoms with E-state index in [1.807, 2.05) is 13.8 Å². The second-order valence-electron chi connectivity index (χ2n) is 13.6. The molecule has 306 valence electrons. The molecule has 0 heterocycles. The fourth-order valence-electron chi connectivity index (χ4n) is 4.63. The van der Waals surface area contributed by atoms with Crippen molar-refractivity contribution in [2.75, 3.05) is 6.54 Å². The molecule has 22 nitrogen and oxygen atoms in total. The minimum Gasteiger partial charge on any atom is -0.480 e. The highest BCUT2D eigenvalue weighted by Gasteiger charge is 2.33. The Morgan fingerprint density at radius 3 is 1.59 bits per heavy atom. The summed E-state index contributed by atoms with van der Waals surface area (Å²) in [4.78, 5) is 124. The number of nitrogens with two attached hydrogens (primary N) is 3. The highest BCUT2D eigenvalue weighted by Crippen LogP contribution is 2.07. The van der Waals surface area contributed by atoms with Crippen LogP contribution in [0.5, 0.6) is 0 Å². The van der Waals surface area contributed by atoms with Gasteiger partial charge >= 0.3 is 5.97 Å². The molecule has 0 aromatic heterocycles. The lowest BCUT2D eigenvalue weighted by atomic mass is 10.0. The van der Waals surface area contributed by atoms with Gasteiger partial charge in [-0.3, -0.25) is 43.2 Å². The van der Waals surface area contributed by atoms with E-state index < -0.39 is 126 Å². The summed E-state index contributed by atoms with van der Waals surface area (Å²) in [7, 11) is 0. The molecule has 8 unspecified atom stereocenters. The van der Waals surface area contributed by atoms with Crippen LogP contribution in [-0.4, -0.2) is 124 Å². The molecule has 0 aliphatic carbocycles. The zero-order valence-electron chi connectivity index (χ0n) is 31.5. The molecule has 0 fully saturated rings. The summed E-state index contributed by atoms with van der Waals surface area (Å²) < 4.78 is 0. The zero-order valence-corrected chi connectivity index (χ0v) is 31.5. The van der Waals surface area contributed by atoms with E-state index in [9.17, 15) is 58.2 Å². The van der Waals surface area contributed by atoms with Crippen LogP contribution in [0.15, 0.2) is 0 Å². The van der Waals surface area contributed by atoms with Crippen LogP contribution in [0.25, 0.3) is 0 Å². The summed E-state index contributed by atoms with van der Waals surface area (Å²) in [6, 6.07) is -9.41. The standard InChI is InChI=1S/C32H56N10O12/c1-13(2)10-18(33)28(49)37-16(6)27(48)42-25(17(7)43)31(52)38-15(5)26(47)36-12-23(46)39-19(8-9-21(34)44)29(50)41-24(14(3)4)30(51)40-20(32(53)54)11-22(35)45/h13-20,24-25,43H,8-12,33H2,1-7H3,(H2,34,44)(H2,35,45)(H,36,47)(H,37,49)(H,38,52)(H,39,46)(H,40,51)(H,41,50)(H,42,48)(H,53,54). The molecule has 0 aliphatic rings. The lowest BCUT2D eigenvalue weighted by Crippen LogP contribution is -2.60. The first-order chi connectivity index (χ1) is 24.9. The fraction of sp³-hybridized carbons (Fsp3) is 0.688. The molecule has 15 N–H and O–H groups in total. The molecule has 0 aromatic carbocycles. The highest BCUT2D eigenvalue weighted by atomic mass is 16.4. The van der Waals surface area contributed by atoms with Gasteiger partial charge in [-0.2, -0.15) is 0 Å². The van der Waals surface area contributed by atoms with Crippen molar-refractivity contribution in [2.24, 2.45) is 29.0 Å². The number of aliphatic hydroxyl groups excluding tert-OH is 1. The smallest absolute Gasteiger partial charge is 0.326 e. The maximum Gasteiger partial charge on any atom is 0.326 e. The molecular formula is C32H56N10O12. The molecule has 0 rings (SSSR count). The SMILES string of the molecule is CC(C)CC(N)C(=O)NC(C)C(=O)NC(C(=O)NC(C)C(=O)NCC(=O)NC(CCC(N)=O)C(=O)NC(C(=O)NC(CC(N)=O)C(=O)O)C(C)C)C(C)O. The van der Waals surface area contributed by atoms with E-state index in [0.717, 1.165) is 0 Å². The normalized spacial score (nSPS) is 15.5. The zero-order chi connectivity index (χ0) is 42.0. The molecule has 0 saturated heterocycles. The average Bonchev–Trinajstić information content (AvgIpc) is 3.04. The van der Waals surface area contributed by atoms with Crippen LogP contribution in [0.1, 0.15) is 74.1 Å². The lowest BCUT2D eigenvalue weighted by Gasteiger charge is -2.26. The van der Waals surface area contributed by atoms with E-state index in [-0.39, 0.29) is 18.8 Å². The average molecular weight is 773 g/mol. The first kappa shape index (κ1) is 48.6. The second kappa shape index (κ2) is 23.3. The third-order valence-corrected chi connectivity index (χ3v) is 7.65. The number of aliphatic hydroxyl groups is 1. The fourth-order valence-corrected chi connectivity index (χ4v) is 4.63. The molecule has 0 saturated carbocycles. The Kier molecular flexibility index (Phi) is 21.0. The molecule has 54 heavy (non-hydrogen) atoms. The molecule has 0 bridgehead atoms. The summed E-state index contributed by atoms with van der Waals surface area (Å²) in [6.45, 7) is 9.82. The van der Waals surface area contributed by atoms with Gasteiger partial charge in [-0.15, -0.1) is 0 Å². The van der Waals surface area contributed by atoms with E-state index >= 15 is 0 Å². The van der Waals surface area contributed by atoms with Gasteiger partial charge in [0.1, 0.15) is 36.3 Å². The number of hydrogen-bond donors (Lipinski definition) is 12. The Morgan fingerprint density at radius 1 is 0.593 bits per heavy atom. The largest absolute Gasteiger partial charge is 0.480 e. The topological polar surface area (TPSA) is 373 Å². The minimum absolute atomic E-state index is 0.119. The van der Waals surface area contributed by atoms with Crippen molar-refractivity contribution in [1.82, 2.24) is 37.2 Å². The van der Waals surface area contributed by atoms with E-state index in [4.69, 9.17) is 17.2 Å². The second-order valence-corrected chi connectivity index (χ2v) is 13.6. The van der Waals surface area contributed by atoms with Crippen LogP contribution in [0.4, 0.5) is 0 Å². The number of carboxylic acid groups (broad SMARTS) is 1. The van der Waals surface area contributed by atoms with Gasteiger partial charge in [-0.1, -0.05) is 27.7 Å². The van der Waals surface area contributed by atoms with Gasteiger partial charge in [0.25, 0.3) is 0 Å². The van der Waals surface area contributed by atoms with Crippen LogP contribution in [-0.2, 0) is 47.9 Å². The third kappa shape index (κ3) is 18.4. The van der Waals surface area contributed by atoms with Crippen molar-refractivity contribution in [3.8, 4) is 0 Å². The van der Waals surface area contributed by atoms with Gasteiger partial charge < -0.3 is 64.6 Å². The number of carbonyl (C=O) groups is 10. The van der Waals surface area contributed by atoms with Gasteiger partial charge in [0, 0.05) is 6.42 Å². The maximum absolute atomic E-state index is 13.2. The summed E-state index contributed by atoms with van der Waals surface area (Å²) in [5.41, 5.74) is 16.1. The Labute approximate surface area is 312 Å². The van der Waals surface area contributed by atoms with Crippen LogP contribution in [0, 0.1) is 11.8 Å². The predicted octanol–water partition coefficient (Wildman–Crippen LogP) is -5.31. The molecule has 8 atom stereocenters. The first-order valence-corrected chi connectivity index (χ1v) is 17.2. The van der Waals surface area contributed by atoms with Crippen molar-refractivity contribution < 1.29 is 58.2 Å². The van der Waals surface area contributed by atoms with Gasteiger partial charge in [0.05, 0.1) is 25.1 Å². The minimum atomic E-state index is -1.69. The Morgan fingerprint density at radius 2 is 1.11 bits per heavy atom. The maximum atomic E-state index is 13.2. The number of carbonyl (C=O) groups excluding carboxylic acids is 9. The van der Waals surface area contributed by atoms with Gasteiger partial charge in [0.2, 0.25) is 53.2 Å². The number of primary amides is 2. The van der Waals surface area contributed by atoms with Crippen molar-refractivity contribution in [3.05, 3.63) is 0 Å². The summed E-state index contributed by atoms with van der Waals surface area (Å²) in [6.07, 6.45) is -2.52. The van der Waals surface area contributed by atoms with Crippen LogP contribution in [0.2, 0.25) is 0 Å². The molecule has 22 heteroatoms. The first-order valence-electron chi connectivity index (χ1n) is 17.2. The molecule has 0 aliphatic heterocycles. The van der Waals surface area contributed by atoms with Crippen molar-refractivity contribution in [2.45, 2.75) is 123 Å². The van der Waals surface area contributed by atoms with Crippen molar-refractivity contribution in [3.63, 3.8) is 0 Å². The number of aliphatic carboxylic acids is 1. The van der Waals surface area contributed by atoms with Crippen LogP contribution in [0.3, 0.4) is 0 Å². The number of nitrogens with one attached hydrogen (secondary N) is 7. The van der Waals surface area contributed by atoms with E-state index in [1.165, 1.54) is 34.6 Å². The van der Waals surface area contributed by atoms with Crippen molar-refractivity contribution in [1.29, 1.82) is 0 Å². The van der Waals surface area contributed by atoms with Gasteiger partial charge in [-0.25, -0.2) is 4.79 Å². The summed E-state index contributed by atoms with van der Waals surface area (Å²) >= 11 is 0. The van der Waals surface area contributed by atoms with E-state index in [0.29, 0.717) is 6.42 Å². The molecule has 9 amide bonds. The number of hydrogen-bond acceptors (Lipinski definition) is 12. The Balaban J connectivity index is 5.48. The lowest BCUT2D eigenvalue weighted by molar-refractivity contribution is -0.144. The quantitative estimate of drug-likeness (QED) is 0.0437. The molecule has 0 radical (unpaired) electrons. The number of carboxylic acids is 1. The van der Waals surface area contributed by atoms with Crippen LogP contribution < -0.4 is 54.4 Å². The number of amides is 9. The molecular weight excluding hydrogens is 716 g/mol.